The lowest BCUT2D eigenvalue weighted by Crippen LogP contribution is -2.34. The third-order valence-corrected chi connectivity index (χ3v) is 6.27. The highest BCUT2D eigenvalue weighted by atomic mass is 79.9. The smallest absolute Gasteiger partial charge is 0.261 e. The molecule has 1 saturated carbocycles. The fraction of sp³-hybridized carbons (Fsp3) is 0.350. The van der Waals surface area contributed by atoms with Crippen molar-refractivity contribution in [3.8, 4) is 0 Å². The van der Waals surface area contributed by atoms with Crippen molar-refractivity contribution < 1.29 is 14.4 Å². The number of nitrogens with zero attached hydrogens (tertiary/aromatic N) is 2. The average Bonchev–Trinajstić information content (AvgIpc) is 3.31. The Hall–Kier alpha value is -1.99. The number of halogens is 1. The predicted octanol–water partition coefficient (Wildman–Crippen LogP) is 4.08. The molecule has 0 atom stereocenters. The number of carbonyl (C=O) groups excluding carboxylic acids is 3. The number of fused-ring (bicyclic) bond motifs is 1. The third kappa shape index (κ3) is 3.84. The lowest BCUT2D eigenvalue weighted by atomic mass is 10.1. The molecule has 1 aliphatic carbocycles. The maximum atomic E-state index is 12.7. The maximum absolute atomic E-state index is 12.7. The average molecular weight is 447 g/mol. The Labute approximate surface area is 170 Å². The fourth-order valence-corrected chi connectivity index (χ4v) is 4.44. The van der Waals surface area contributed by atoms with Crippen molar-refractivity contribution in [2.24, 2.45) is 0 Å². The quantitative estimate of drug-likeness (QED) is 0.602. The molecule has 140 valence electrons. The van der Waals surface area contributed by atoms with Gasteiger partial charge in [0.25, 0.3) is 11.8 Å². The number of benzene rings is 1. The molecule has 1 fully saturated rings. The summed E-state index contributed by atoms with van der Waals surface area (Å²) in [7, 11) is 0. The van der Waals surface area contributed by atoms with E-state index in [1.165, 1.54) is 9.78 Å². The highest BCUT2D eigenvalue weighted by Gasteiger charge is 2.36. The lowest BCUT2D eigenvalue weighted by Gasteiger charge is -2.22. The molecule has 0 radical (unpaired) electrons. The van der Waals surface area contributed by atoms with Crippen LogP contribution in [0.15, 0.2) is 40.2 Å². The highest BCUT2D eigenvalue weighted by Crippen LogP contribution is 2.30. The molecule has 0 bridgehead atoms. The van der Waals surface area contributed by atoms with Gasteiger partial charge in [-0.15, -0.1) is 11.3 Å². The van der Waals surface area contributed by atoms with Crippen molar-refractivity contribution in [3.05, 3.63) is 56.2 Å². The van der Waals surface area contributed by atoms with Gasteiger partial charge in [-0.3, -0.25) is 19.3 Å². The largest absolute Gasteiger partial charge is 0.335 e. The Morgan fingerprint density at radius 3 is 2.67 bits per heavy atom. The number of imide groups is 1. The van der Waals surface area contributed by atoms with Crippen LogP contribution in [0.5, 0.6) is 0 Å². The topological polar surface area (TPSA) is 57.7 Å². The molecule has 27 heavy (non-hydrogen) atoms. The minimum Gasteiger partial charge on any atom is -0.335 e. The fourth-order valence-electron chi connectivity index (χ4n) is 3.38. The molecule has 5 nitrogen and oxygen atoms in total. The Morgan fingerprint density at radius 2 is 1.96 bits per heavy atom. The molecule has 2 aromatic rings. The number of rotatable bonds is 7. The van der Waals surface area contributed by atoms with Crippen LogP contribution in [-0.4, -0.2) is 40.1 Å². The second-order valence-electron chi connectivity index (χ2n) is 6.89. The second-order valence-corrected chi connectivity index (χ2v) is 8.84. The van der Waals surface area contributed by atoms with Gasteiger partial charge in [0, 0.05) is 28.4 Å². The maximum Gasteiger partial charge on any atom is 0.261 e. The molecule has 0 spiro atoms. The zero-order valence-electron chi connectivity index (χ0n) is 14.7. The molecule has 1 aromatic heterocycles. The van der Waals surface area contributed by atoms with Crippen LogP contribution in [0, 0.1) is 0 Å². The van der Waals surface area contributed by atoms with E-state index in [1.54, 1.807) is 29.5 Å². The highest BCUT2D eigenvalue weighted by molar-refractivity contribution is 9.10. The molecule has 1 aromatic carbocycles. The normalized spacial score (nSPS) is 16.0. The zero-order chi connectivity index (χ0) is 19.0. The van der Waals surface area contributed by atoms with Gasteiger partial charge < -0.3 is 4.90 Å². The second kappa shape index (κ2) is 7.56. The van der Waals surface area contributed by atoms with Gasteiger partial charge >= 0.3 is 0 Å². The summed E-state index contributed by atoms with van der Waals surface area (Å²) in [6.07, 6.45) is 2.95. The van der Waals surface area contributed by atoms with Crippen molar-refractivity contribution in [2.45, 2.75) is 38.3 Å². The number of thiophene rings is 1. The Kier molecular flexibility index (Phi) is 5.14. The molecular weight excluding hydrogens is 428 g/mol. The summed E-state index contributed by atoms with van der Waals surface area (Å²) in [6.45, 7) is 0.926. The lowest BCUT2D eigenvalue weighted by molar-refractivity contribution is -0.132. The van der Waals surface area contributed by atoms with Crippen molar-refractivity contribution in [1.29, 1.82) is 0 Å². The zero-order valence-corrected chi connectivity index (χ0v) is 17.1. The molecule has 1 aliphatic heterocycles. The van der Waals surface area contributed by atoms with E-state index in [0.717, 1.165) is 17.3 Å². The summed E-state index contributed by atoms with van der Waals surface area (Å²) < 4.78 is 0.771. The molecule has 0 saturated heterocycles. The van der Waals surface area contributed by atoms with Crippen LogP contribution >= 0.6 is 27.3 Å². The SMILES string of the molecule is O=C1c2ccc(Br)cc2C(=O)N1CCCC(=O)N(Cc1cccs1)C1CC1. The minimum absolute atomic E-state index is 0.102. The van der Waals surface area contributed by atoms with Crippen molar-refractivity contribution >= 4 is 45.0 Å². The molecule has 3 amide bonds. The van der Waals surface area contributed by atoms with Gasteiger partial charge in [-0.1, -0.05) is 22.0 Å². The summed E-state index contributed by atoms with van der Waals surface area (Å²) in [5, 5.41) is 2.02. The van der Waals surface area contributed by atoms with E-state index in [4.69, 9.17) is 0 Å². The van der Waals surface area contributed by atoms with Gasteiger partial charge in [-0.05, 0) is 48.9 Å². The van der Waals surface area contributed by atoms with E-state index in [-0.39, 0.29) is 24.3 Å². The molecule has 4 rings (SSSR count). The van der Waals surface area contributed by atoms with E-state index in [1.807, 2.05) is 22.4 Å². The third-order valence-electron chi connectivity index (χ3n) is 4.92. The van der Waals surface area contributed by atoms with Gasteiger partial charge in [0.15, 0.2) is 0 Å². The van der Waals surface area contributed by atoms with Gasteiger partial charge in [0.2, 0.25) is 5.91 Å². The van der Waals surface area contributed by atoms with Gasteiger partial charge in [0.1, 0.15) is 0 Å². The first-order valence-electron chi connectivity index (χ1n) is 9.02. The van der Waals surface area contributed by atoms with Crippen molar-refractivity contribution in [1.82, 2.24) is 9.80 Å². The molecular formula is C20H19BrN2O3S. The van der Waals surface area contributed by atoms with E-state index in [0.29, 0.717) is 36.6 Å². The van der Waals surface area contributed by atoms with Crippen LogP contribution in [0.25, 0.3) is 0 Å². The molecule has 0 unspecified atom stereocenters. The van der Waals surface area contributed by atoms with E-state index < -0.39 is 0 Å². The van der Waals surface area contributed by atoms with E-state index >= 15 is 0 Å². The minimum atomic E-state index is -0.276. The van der Waals surface area contributed by atoms with Crippen LogP contribution in [0.4, 0.5) is 0 Å². The van der Waals surface area contributed by atoms with Gasteiger partial charge in [-0.2, -0.15) is 0 Å². The van der Waals surface area contributed by atoms with Crippen molar-refractivity contribution in [3.63, 3.8) is 0 Å². The van der Waals surface area contributed by atoms with Crippen LogP contribution in [0.3, 0.4) is 0 Å². The first kappa shape index (κ1) is 18.4. The molecule has 7 heteroatoms. The summed E-state index contributed by atoms with van der Waals surface area (Å²) in [4.78, 5) is 42.0. The van der Waals surface area contributed by atoms with Crippen LogP contribution in [0.1, 0.15) is 51.3 Å². The van der Waals surface area contributed by atoms with Crippen LogP contribution in [0.2, 0.25) is 0 Å². The van der Waals surface area contributed by atoms with E-state index in [9.17, 15) is 14.4 Å². The number of amides is 3. The summed E-state index contributed by atoms with van der Waals surface area (Å²) >= 11 is 4.99. The van der Waals surface area contributed by atoms with Crippen LogP contribution < -0.4 is 0 Å². The standard InChI is InChI=1S/C20H19BrN2O3S/c21-13-5-8-16-17(11-13)20(26)22(19(16)25)9-1-4-18(24)23(14-6-7-14)12-15-3-2-10-27-15/h2-3,5,8,10-11,14H,1,4,6-7,9,12H2. The van der Waals surface area contributed by atoms with Gasteiger partial charge in [0.05, 0.1) is 17.7 Å². The number of hydrogen-bond acceptors (Lipinski definition) is 4. The number of hydrogen-bond donors (Lipinski definition) is 0. The Morgan fingerprint density at radius 1 is 1.19 bits per heavy atom. The summed E-state index contributed by atoms with van der Waals surface area (Å²) in [5.74, 6) is -0.445. The molecule has 2 heterocycles. The number of carbonyl (C=O) groups is 3. The van der Waals surface area contributed by atoms with Gasteiger partial charge in [-0.25, -0.2) is 0 Å². The Bertz CT molecular complexity index is 893. The summed E-state index contributed by atoms with van der Waals surface area (Å²) in [6, 6.07) is 9.49. The summed E-state index contributed by atoms with van der Waals surface area (Å²) in [5.41, 5.74) is 0.866. The monoisotopic (exact) mass is 446 g/mol. The first-order valence-corrected chi connectivity index (χ1v) is 10.7. The Balaban J connectivity index is 1.34. The predicted molar refractivity (Wildman–Crippen MR) is 107 cm³/mol. The molecule has 0 N–H and O–H groups in total. The van der Waals surface area contributed by atoms with E-state index in [2.05, 4.69) is 15.9 Å². The first-order chi connectivity index (χ1) is 13.0. The van der Waals surface area contributed by atoms with Crippen molar-refractivity contribution in [2.75, 3.05) is 6.54 Å². The van der Waals surface area contributed by atoms with Crippen LogP contribution in [-0.2, 0) is 11.3 Å². The molecule has 2 aliphatic rings.